The van der Waals surface area contributed by atoms with Gasteiger partial charge in [0.1, 0.15) is 23.1 Å². The fourth-order valence-corrected chi connectivity index (χ4v) is 2.27. The molecule has 0 radical (unpaired) electrons. The number of imidazole rings is 1. The molecule has 0 spiro atoms. The maximum Gasteiger partial charge on any atom is 0.131 e. The van der Waals surface area contributed by atoms with E-state index in [9.17, 15) is 0 Å². The second-order valence-electron chi connectivity index (χ2n) is 5.35. The molecule has 0 amide bonds. The molecule has 0 aliphatic rings. The van der Waals surface area contributed by atoms with Gasteiger partial charge in [-0.25, -0.2) is 4.98 Å². The average molecular weight is 273 g/mol. The number of aromatic nitrogens is 2. The Labute approximate surface area is 120 Å². The fourth-order valence-electron chi connectivity index (χ4n) is 2.27. The van der Waals surface area contributed by atoms with Gasteiger partial charge in [-0.3, -0.25) is 0 Å². The Morgan fingerprint density at radius 3 is 2.45 bits per heavy atom. The highest BCUT2D eigenvalue weighted by molar-refractivity contribution is 5.71. The zero-order valence-electron chi connectivity index (χ0n) is 12.7. The number of benzene rings is 1. The van der Waals surface area contributed by atoms with E-state index in [1.807, 2.05) is 38.1 Å². The highest BCUT2D eigenvalue weighted by atomic mass is 16.5. The van der Waals surface area contributed by atoms with Crippen molar-refractivity contribution in [3.8, 4) is 17.0 Å². The van der Waals surface area contributed by atoms with Crippen LogP contribution in [0.15, 0.2) is 24.3 Å². The van der Waals surface area contributed by atoms with E-state index in [4.69, 9.17) is 10.5 Å². The van der Waals surface area contributed by atoms with Crippen LogP contribution in [0.3, 0.4) is 0 Å². The van der Waals surface area contributed by atoms with Gasteiger partial charge in [-0.2, -0.15) is 0 Å². The lowest BCUT2D eigenvalue weighted by Crippen LogP contribution is -2.09. The van der Waals surface area contributed by atoms with Crippen molar-refractivity contribution in [1.29, 1.82) is 0 Å². The summed E-state index contributed by atoms with van der Waals surface area (Å²) in [6.07, 6.45) is 0. The SMILES string of the molecule is CCOc1ccc(-c2nc(C)n(CC(C)C)c2N)cc1. The van der Waals surface area contributed by atoms with Crippen molar-refractivity contribution in [3.63, 3.8) is 0 Å². The summed E-state index contributed by atoms with van der Waals surface area (Å²) < 4.78 is 7.53. The van der Waals surface area contributed by atoms with Crippen molar-refractivity contribution >= 4 is 5.82 Å². The quantitative estimate of drug-likeness (QED) is 0.907. The molecule has 0 aliphatic heterocycles. The minimum absolute atomic E-state index is 0.540. The first-order valence-electron chi connectivity index (χ1n) is 7.08. The van der Waals surface area contributed by atoms with E-state index < -0.39 is 0 Å². The molecule has 0 fully saturated rings. The van der Waals surface area contributed by atoms with Crippen LogP contribution in [0.25, 0.3) is 11.3 Å². The Morgan fingerprint density at radius 1 is 1.25 bits per heavy atom. The van der Waals surface area contributed by atoms with Gasteiger partial charge in [0.05, 0.1) is 6.61 Å². The molecular formula is C16H23N3O. The van der Waals surface area contributed by atoms with E-state index in [2.05, 4.69) is 23.4 Å². The summed E-state index contributed by atoms with van der Waals surface area (Å²) in [5.41, 5.74) is 8.13. The summed E-state index contributed by atoms with van der Waals surface area (Å²) in [6.45, 7) is 9.88. The molecule has 20 heavy (non-hydrogen) atoms. The predicted octanol–water partition coefficient (Wildman–Crippen LogP) is 3.50. The number of hydrogen-bond acceptors (Lipinski definition) is 3. The molecule has 4 nitrogen and oxygen atoms in total. The zero-order valence-corrected chi connectivity index (χ0v) is 12.7. The molecule has 1 aromatic carbocycles. The molecule has 0 atom stereocenters. The van der Waals surface area contributed by atoms with Crippen LogP contribution in [0.4, 0.5) is 5.82 Å². The molecule has 4 heteroatoms. The average Bonchev–Trinajstić information content (AvgIpc) is 2.68. The van der Waals surface area contributed by atoms with Gasteiger partial charge in [-0.05, 0) is 44.0 Å². The number of rotatable bonds is 5. The Balaban J connectivity index is 2.33. The molecular weight excluding hydrogens is 250 g/mol. The van der Waals surface area contributed by atoms with E-state index in [-0.39, 0.29) is 0 Å². The molecule has 0 bridgehead atoms. The normalized spacial score (nSPS) is 11.1. The highest BCUT2D eigenvalue weighted by Crippen LogP contribution is 2.28. The van der Waals surface area contributed by atoms with Crippen LogP contribution in [-0.2, 0) is 6.54 Å². The van der Waals surface area contributed by atoms with Crippen LogP contribution in [0.1, 0.15) is 26.6 Å². The second kappa shape index (κ2) is 5.99. The van der Waals surface area contributed by atoms with E-state index in [1.165, 1.54) is 0 Å². The second-order valence-corrected chi connectivity index (χ2v) is 5.35. The van der Waals surface area contributed by atoms with Crippen LogP contribution in [0.5, 0.6) is 5.75 Å². The number of ether oxygens (including phenoxy) is 1. The maximum atomic E-state index is 6.25. The minimum atomic E-state index is 0.540. The first-order valence-corrected chi connectivity index (χ1v) is 7.08. The van der Waals surface area contributed by atoms with Crippen molar-refractivity contribution in [3.05, 3.63) is 30.1 Å². The van der Waals surface area contributed by atoms with Crippen molar-refractivity contribution in [2.24, 2.45) is 5.92 Å². The van der Waals surface area contributed by atoms with Crippen molar-refractivity contribution in [2.75, 3.05) is 12.3 Å². The van der Waals surface area contributed by atoms with Crippen LogP contribution in [-0.4, -0.2) is 16.2 Å². The molecule has 0 saturated carbocycles. The van der Waals surface area contributed by atoms with Gasteiger partial charge in [-0.1, -0.05) is 13.8 Å². The Kier molecular flexibility index (Phi) is 4.32. The third-order valence-electron chi connectivity index (χ3n) is 3.18. The third kappa shape index (κ3) is 2.95. The summed E-state index contributed by atoms with van der Waals surface area (Å²) in [7, 11) is 0. The fraction of sp³-hybridized carbons (Fsp3) is 0.438. The number of nitrogens with two attached hydrogens (primary N) is 1. The summed E-state index contributed by atoms with van der Waals surface area (Å²) in [5.74, 6) is 3.10. The van der Waals surface area contributed by atoms with E-state index >= 15 is 0 Å². The highest BCUT2D eigenvalue weighted by Gasteiger charge is 2.14. The molecule has 2 rings (SSSR count). The molecule has 1 heterocycles. The summed E-state index contributed by atoms with van der Waals surface area (Å²) in [4.78, 5) is 4.61. The number of nitrogen functional groups attached to an aromatic ring is 1. The summed E-state index contributed by atoms with van der Waals surface area (Å²) in [5, 5.41) is 0. The van der Waals surface area contributed by atoms with Crippen LogP contribution >= 0.6 is 0 Å². The first-order chi connectivity index (χ1) is 9.52. The van der Waals surface area contributed by atoms with Crippen LogP contribution < -0.4 is 10.5 Å². The topological polar surface area (TPSA) is 53.1 Å². The lowest BCUT2D eigenvalue weighted by molar-refractivity contribution is 0.340. The Hall–Kier alpha value is -1.97. The number of anilines is 1. The van der Waals surface area contributed by atoms with Crippen LogP contribution in [0.2, 0.25) is 0 Å². The van der Waals surface area contributed by atoms with Gasteiger partial charge in [0.15, 0.2) is 0 Å². The summed E-state index contributed by atoms with van der Waals surface area (Å²) in [6, 6.07) is 7.91. The van der Waals surface area contributed by atoms with Gasteiger partial charge >= 0.3 is 0 Å². The Morgan fingerprint density at radius 2 is 1.90 bits per heavy atom. The van der Waals surface area contributed by atoms with E-state index in [1.54, 1.807) is 0 Å². The van der Waals surface area contributed by atoms with Crippen molar-refractivity contribution in [1.82, 2.24) is 9.55 Å². The van der Waals surface area contributed by atoms with Gasteiger partial charge < -0.3 is 15.0 Å². The lowest BCUT2D eigenvalue weighted by atomic mass is 10.1. The molecule has 0 aliphatic carbocycles. The predicted molar refractivity (Wildman–Crippen MR) is 82.8 cm³/mol. The first kappa shape index (κ1) is 14.4. The molecule has 0 saturated heterocycles. The molecule has 2 N–H and O–H groups in total. The molecule has 2 aromatic rings. The monoisotopic (exact) mass is 273 g/mol. The molecule has 108 valence electrons. The van der Waals surface area contributed by atoms with E-state index in [0.717, 1.165) is 35.2 Å². The lowest BCUT2D eigenvalue weighted by Gasteiger charge is -2.10. The van der Waals surface area contributed by atoms with Crippen molar-refractivity contribution in [2.45, 2.75) is 34.2 Å². The number of hydrogen-bond donors (Lipinski definition) is 1. The zero-order chi connectivity index (χ0) is 14.7. The minimum Gasteiger partial charge on any atom is -0.494 e. The van der Waals surface area contributed by atoms with Crippen molar-refractivity contribution < 1.29 is 4.74 Å². The number of nitrogens with zero attached hydrogens (tertiary/aromatic N) is 2. The van der Waals surface area contributed by atoms with Gasteiger partial charge in [0, 0.05) is 12.1 Å². The number of aryl methyl sites for hydroxylation is 1. The molecule has 1 aromatic heterocycles. The molecule has 0 unspecified atom stereocenters. The smallest absolute Gasteiger partial charge is 0.131 e. The van der Waals surface area contributed by atoms with Gasteiger partial charge in [-0.15, -0.1) is 0 Å². The van der Waals surface area contributed by atoms with E-state index in [0.29, 0.717) is 12.5 Å². The standard InChI is InChI=1S/C16H23N3O/c1-5-20-14-8-6-13(7-9-14)15-16(17)19(10-11(2)3)12(4)18-15/h6-9,11H,5,10,17H2,1-4H3. The largest absolute Gasteiger partial charge is 0.494 e. The van der Waals surface area contributed by atoms with Gasteiger partial charge in [0.2, 0.25) is 0 Å². The van der Waals surface area contributed by atoms with Crippen LogP contribution in [0, 0.1) is 12.8 Å². The van der Waals surface area contributed by atoms with Gasteiger partial charge in [0.25, 0.3) is 0 Å². The third-order valence-corrected chi connectivity index (χ3v) is 3.18. The summed E-state index contributed by atoms with van der Waals surface area (Å²) >= 11 is 0. The maximum absolute atomic E-state index is 6.25. The Bertz CT molecular complexity index is 570.